The van der Waals surface area contributed by atoms with E-state index in [9.17, 15) is 9.59 Å². The molecule has 6 nitrogen and oxygen atoms in total. The number of ether oxygens (including phenoxy) is 2. The summed E-state index contributed by atoms with van der Waals surface area (Å²) in [6.07, 6.45) is 0.845. The summed E-state index contributed by atoms with van der Waals surface area (Å²) in [5.74, 6) is 1.32. The summed E-state index contributed by atoms with van der Waals surface area (Å²) in [5, 5.41) is 2.80. The van der Waals surface area contributed by atoms with Crippen molar-refractivity contribution in [3.05, 3.63) is 83.4 Å². The number of nitrogens with zero attached hydrogens (tertiary/aromatic N) is 1. The number of aryl methyl sites for hydroxylation is 1. The highest BCUT2D eigenvalue weighted by Gasteiger charge is 2.35. The first-order valence-corrected chi connectivity index (χ1v) is 11.7. The highest BCUT2D eigenvalue weighted by Crippen LogP contribution is 2.43. The zero-order chi connectivity index (χ0) is 23.4. The van der Waals surface area contributed by atoms with Crippen LogP contribution in [0, 0.1) is 0 Å². The van der Waals surface area contributed by atoms with Crippen LogP contribution < -0.4 is 19.7 Å². The summed E-state index contributed by atoms with van der Waals surface area (Å²) < 4.78 is 10.5. The third kappa shape index (κ3) is 4.83. The second-order valence-corrected chi connectivity index (χ2v) is 8.66. The van der Waals surface area contributed by atoms with Gasteiger partial charge < -0.3 is 14.8 Å². The number of carbonyl (C=O) groups is 2. The zero-order valence-corrected chi connectivity index (χ0v) is 19.6. The topological polar surface area (TPSA) is 67.9 Å². The third-order valence-electron chi connectivity index (χ3n) is 5.54. The highest BCUT2D eigenvalue weighted by molar-refractivity contribution is 8.00. The number of thioether (sulfide) groups is 1. The monoisotopic (exact) mass is 462 g/mol. The van der Waals surface area contributed by atoms with Crippen molar-refractivity contribution in [3.8, 4) is 11.5 Å². The molecule has 0 radical (unpaired) electrons. The number of hydrogen-bond acceptors (Lipinski definition) is 5. The van der Waals surface area contributed by atoms with E-state index in [2.05, 4.69) is 18.3 Å². The lowest BCUT2D eigenvalue weighted by molar-refractivity contribution is -0.115. The number of para-hydroxylation sites is 1. The van der Waals surface area contributed by atoms with Crippen LogP contribution in [0.1, 0.15) is 33.8 Å². The van der Waals surface area contributed by atoms with Gasteiger partial charge >= 0.3 is 0 Å². The predicted molar refractivity (Wildman–Crippen MR) is 132 cm³/mol. The van der Waals surface area contributed by atoms with Gasteiger partial charge in [0.05, 0.1) is 20.0 Å². The number of methoxy groups -OCH3 is 2. The number of benzene rings is 3. The third-order valence-corrected chi connectivity index (χ3v) is 6.76. The Bertz CT molecular complexity index is 1160. The average molecular weight is 463 g/mol. The van der Waals surface area contributed by atoms with Gasteiger partial charge in [0.1, 0.15) is 16.9 Å². The summed E-state index contributed by atoms with van der Waals surface area (Å²) in [6, 6.07) is 20.7. The van der Waals surface area contributed by atoms with Crippen molar-refractivity contribution in [1.29, 1.82) is 0 Å². The molecule has 0 aliphatic carbocycles. The first-order valence-electron chi connectivity index (χ1n) is 10.7. The molecule has 0 bridgehead atoms. The van der Waals surface area contributed by atoms with Gasteiger partial charge in [0.2, 0.25) is 5.91 Å². The standard InChI is InChI=1S/C26H26N2O4S/c1-4-17-8-5-6-11-23(17)28-24(29)16-33-26(28)18-9-7-10-20(12-18)27-25(30)19-13-21(31-2)15-22(14-19)32-3/h5-15,26H,4,16H2,1-3H3,(H,27,30). The van der Waals surface area contributed by atoms with Gasteiger partial charge in [-0.05, 0) is 47.9 Å². The van der Waals surface area contributed by atoms with Gasteiger partial charge in [-0.1, -0.05) is 37.3 Å². The van der Waals surface area contributed by atoms with Gasteiger partial charge in [0.15, 0.2) is 0 Å². The molecule has 0 saturated carbocycles. The number of amides is 2. The van der Waals surface area contributed by atoms with Gasteiger partial charge in [-0.2, -0.15) is 0 Å². The maximum absolute atomic E-state index is 12.9. The first-order chi connectivity index (χ1) is 16.0. The Hall–Kier alpha value is -3.45. The fraction of sp³-hybridized carbons (Fsp3) is 0.231. The quantitative estimate of drug-likeness (QED) is 0.516. The van der Waals surface area contributed by atoms with Crippen molar-refractivity contribution in [2.24, 2.45) is 0 Å². The van der Waals surface area contributed by atoms with Crippen molar-refractivity contribution in [3.63, 3.8) is 0 Å². The lowest BCUT2D eigenvalue weighted by Gasteiger charge is -2.26. The van der Waals surface area contributed by atoms with Crippen LogP contribution in [-0.4, -0.2) is 31.8 Å². The molecule has 1 N–H and O–H groups in total. The molecule has 3 aromatic carbocycles. The SMILES string of the molecule is CCc1ccccc1N1C(=O)CSC1c1cccc(NC(=O)c2cc(OC)cc(OC)c2)c1. The van der Waals surface area contributed by atoms with Crippen LogP contribution in [0.5, 0.6) is 11.5 Å². The minimum Gasteiger partial charge on any atom is -0.497 e. The minimum atomic E-state index is -0.271. The maximum atomic E-state index is 12.9. The van der Waals surface area contributed by atoms with Crippen molar-refractivity contribution in [2.45, 2.75) is 18.7 Å². The van der Waals surface area contributed by atoms with Gasteiger partial charge in [0, 0.05) is 23.0 Å². The van der Waals surface area contributed by atoms with Gasteiger partial charge in [-0.3, -0.25) is 14.5 Å². The van der Waals surface area contributed by atoms with E-state index in [1.54, 1.807) is 44.2 Å². The number of anilines is 2. The zero-order valence-electron chi connectivity index (χ0n) is 18.8. The van der Waals surface area contributed by atoms with Crippen LogP contribution in [0.4, 0.5) is 11.4 Å². The molecule has 3 aromatic rings. The lowest BCUT2D eigenvalue weighted by atomic mass is 10.1. The van der Waals surface area contributed by atoms with Crippen molar-refractivity contribution in [1.82, 2.24) is 0 Å². The van der Waals surface area contributed by atoms with Gasteiger partial charge in [-0.25, -0.2) is 0 Å². The van der Waals surface area contributed by atoms with E-state index in [0.717, 1.165) is 23.2 Å². The van der Waals surface area contributed by atoms with Crippen LogP contribution in [0.3, 0.4) is 0 Å². The van der Waals surface area contributed by atoms with E-state index in [0.29, 0.717) is 28.5 Å². The number of rotatable bonds is 7. The van der Waals surface area contributed by atoms with E-state index in [1.165, 1.54) is 0 Å². The Kier molecular flexibility index (Phi) is 6.89. The molecule has 1 fully saturated rings. The molecule has 0 aromatic heterocycles. The first kappa shape index (κ1) is 22.7. The molecule has 7 heteroatoms. The fourth-order valence-corrected chi connectivity index (χ4v) is 5.05. The van der Waals surface area contributed by atoms with Crippen LogP contribution >= 0.6 is 11.8 Å². The van der Waals surface area contributed by atoms with E-state index in [4.69, 9.17) is 9.47 Å². The molecule has 33 heavy (non-hydrogen) atoms. The largest absolute Gasteiger partial charge is 0.497 e. The van der Waals surface area contributed by atoms with Crippen LogP contribution in [0.2, 0.25) is 0 Å². The second kappa shape index (κ2) is 10.0. The minimum absolute atomic E-state index is 0.0869. The summed E-state index contributed by atoms with van der Waals surface area (Å²) in [4.78, 5) is 27.6. The summed E-state index contributed by atoms with van der Waals surface area (Å²) in [7, 11) is 3.09. The van der Waals surface area contributed by atoms with E-state index in [-0.39, 0.29) is 17.2 Å². The Morgan fingerprint density at radius 2 is 1.76 bits per heavy atom. The summed E-state index contributed by atoms with van der Waals surface area (Å²) >= 11 is 1.59. The smallest absolute Gasteiger partial charge is 0.255 e. The predicted octanol–water partition coefficient (Wildman–Crippen LogP) is 5.30. The second-order valence-electron chi connectivity index (χ2n) is 7.59. The van der Waals surface area contributed by atoms with Crippen molar-refractivity contribution in [2.75, 3.05) is 30.2 Å². The molecule has 2 amide bonds. The fourth-order valence-electron chi connectivity index (χ4n) is 3.89. The number of nitrogens with one attached hydrogen (secondary N) is 1. The van der Waals surface area contributed by atoms with E-state index in [1.807, 2.05) is 47.4 Å². The molecule has 1 aliphatic heterocycles. The average Bonchev–Trinajstić information content (AvgIpc) is 3.24. The Morgan fingerprint density at radius 3 is 2.45 bits per heavy atom. The molecular formula is C26H26N2O4S. The Labute approximate surface area is 197 Å². The molecule has 1 heterocycles. The molecule has 170 valence electrons. The molecule has 1 saturated heterocycles. The number of hydrogen-bond donors (Lipinski definition) is 1. The molecule has 1 unspecified atom stereocenters. The van der Waals surface area contributed by atoms with Crippen LogP contribution in [-0.2, 0) is 11.2 Å². The van der Waals surface area contributed by atoms with Gasteiger partial charge in [-0.15, -0.1) is 11.8 Å². The van der Waals surface area contributed by atoms with E-state index < -0.39 is 0 Å². The summed E-state index contributed by atoms with van der Waals surface area (Å²) in [6.45, 7) is 2.09. The molecule has 0 spiro atoms. The van der Waals surface area contributed by atoms with Crippen LogP contribution in [0.15, 0.2) is 66.7 Å². The lowest BCUT2D eigenvalue weighted by Crippen LogP contribution is -2.28. The normalized spacial score (nSPS) is 15.4. The van der Waals surface area contributed by atoms with Gasteiger partial charge in [0.25, 0.3) is 5.91 Å². The molecular weight excluding hydrogens is 436 g/mol. The molecule has 1 atom stereocenters. The van der Waals surface area contributed by atoms with Crippen LogP contribution in [0.25, 0.3) is 0 Å². The highest BCUT2D eigenvalue weighted by atomic mass is 32.2. The summed E-state index contributed by atoms with van der Waals surface area (Å²) in [5.41, 5.74) is 4.12. The number of carbonyl (C=O) groups excluding carboxylic acids is 2. The Balaban J connectivity index is 1.60. The van der Waals surface area contributed by atoms with Crippen molar-refractivity contribution < 1.29 is 19.1 Å². The van der Waals surface area contributed by atoms with Crippen molar-refractivity contribution >= 4 is 35.0 Å². The Morgan fingerprint density at radius 1 is 1.03 bits per heavy atom. The van der Waals surface area contributed by atoms with E-state index >= 15 is 0 Å². The maximum Gasteiger partial charge on any atom is 0.255 e. The molecule has 1 aliphatic rings. The molecule has 4 rings (SSSR count).